The fourth-order valence-electron chi connectivity index (χ4n) is 1.14. The number of aliphatic hydroxyl groups excluding tert-OH is 1. The summed E-state index contributed by atoms with van der Waals surface area (Å²) in [5, 5.41) is 9.21. The zero-order valence-corrected chi connectivity index (χ0v) is 7.67. The van der Waals surface area contributed by atoms with Crippen molar-refractivity contribution in [1.82, 2.24) is 0 Å². The van der Waals surface area contributed by atoms with Crippen LogP contribution in [0.25, 0.3) is 0 Å². The molecular formula is C7H13BrO2. The molecule has 10 heavy (non-hydrogen) atoms. The Hall–Kier alpha value is 0.400. The number of ether oxygens (including phenoxy) is 1. The van der Waals surface area contributed by atoms with Crippen molar-refractivity contribution in [3.63, 3.8) is 0 Å². The monoisotopic (exact) mass is 208 g/mol. The minimum atomic E-state index is -0.598. The molecular weight excluding hydrogens is 196 g/mol. The van der Waals surface area contributed by atoms with Crippen LogP contribution >= 0.6 is 15.9 Å². The fourth-order valence-corrected chi connectivity index (χ4v) is 1.53. The first kappa shape index (κ1) is 8.50. The van der Waals surface area contributed by atoms with E-state index in [1.54, 1.807) is 0 Å². The van der Waals surface area contributed by atoms with Gasteiger partial charge in [-0.15, -0.1) is 0 Å². The Labute approximate surface area is 69.7 Å². The van der Waals surface area contributed by atoms with E-state index in [1.165, 1.54) is 0 Å². The number of aliphatic hydroxyl groups is 1. The summed E-state index contributed by atoms with van der Waals surface area (Å²) in [6, 6.07) is 0. The largest absolute Gasteiger partial charge is 0.367 e. The van der Waals surface area contributed by atoms with E-state index in [2.05, 4.69) is 22.9 Å². The molecule has 0 aromatic rings. The molecule has 3 unspecified atom stereocenters. The average Bonchev–Trinajstić information content (AvgIpc) is 1.95. The van der Waals surface area contributed by atoms with Crippen molar-refractivity contribution in [3.8, 4) is 0 Å². The third-order valence-corrected chi connectivity index (χ3v) is 2.77. The van der Waals surface area contributed by atoms with Crippen LogP contribution in [0.1, 0.15) is 26.2 Å². The molecule has 0 aliphatic carbocycles. The lowest BCUT2D eigenvalue weighted by Gasteiger charge is -2.29. The van der Waals surface area contributed by atoms with Gasteiger partial charge in [0.25, 0.3) is 0 Å². The Bertz CT molecular complexity index is 108. The highest BCUT2D eigenvalue weighted by molar-refractivity contribution is 9.09. The van der Waals surface area contributed by atoms with Crippen LogP contribution in [-0.2, 0) is 4.74 Å². The molecule has 1 aliphatic heterocycles. The van der Waals surface area contributed by atoms with Crippen LogP contribution in [0.15, 0.2) is 0 Å². The van der Waals surface area contributed by atoms with Crippen LogP contribution in [0.4, 0.5) is 0 Å². The molecule has 60 valence electrons. The molecule has 0 aromatic carbocycles. The molecule has 3 atom stereocenters. The standard InChI is InChI=1S/C7H13BrO2/c1-2-5-3-4-6(8)7(9)10-5/h5-7,9H,2-4H2,1H3. The first-order valence-corrected chi connectivity index (χ1v) is 4.63. The van der Waals surface area contributed by atoms with Gasteiger partial charge in [-0.1, -0.05) is 22.9 Å². The zero-order chi connectivity index (χ0) is 7.56. The summed E-state index contributed by atoms with van der Waals surface area (Å²) in [7, 11) is 0. The predicted octanol–water partition coefficient (Wildman–Crippen LogP) is 1.66. The normalized spacial score (nSPS) is 41.7. The summed E-state index contributed by atoms with van der Waals surface area (Å²) < 4.78 is 5.26. The van der Waals surface area contributed by atoms with E-state index in [1.807, 2.05) is 0 Å². The lowest BCUT2D eigenvalue weighted by atomic mass is 10.1. The maximum atomic E-state index is 9.21. The van der Waals surface area contributed by atoms with E-state index in [-0.39, 0.29) is 10.9 Å². The van der Waals surface area contributed by atoms with Gasteiger partial charge >= 0.3 is 0 Å². The minimum Gasteiger partial charge on any atom is -0.367 e. The van der Waals surface area contributed by atoms with Gasteiger partial charge in [0.15, 0.2) is 6.29 Å². The first-order valence-electron chi connectivity index (χ1n) is 3.71. The topological polar surface area (TPSA) is 29.5 Å². The lowest BCUT2D eigenvalue weighted by Crippen LogP contribution is -2.34. The molecule has 1 aliphatic rings. The Morgan fingerprint density at radius 3 is 2.80 bits per heavy atom. The van der Waals surface area contributed by atoms with E-state index in [4.69, 9.17) is 4.74 Å². The lowest BCUT2D eigenvalue weighted by molar-refractivity contribution is -0.157. The summed E-state index contributed by atoms with van der Waals surface area (Å²) >= 11 is 3.34. The van der Waals surface area contributed by atoms with Gasteiger partial charge in [-0.05, 0) is 19.3 Å². The number of halogens is 1. The van der Waals surface area contributed by atoms with E-state index in [0.29, 0.717) is 0 Å². The van der Waals surface area contributed by atoms with Crippen molar-refractivity contribution in [3.05, 3.63) is 0 Å². The zero-order valence-electron chi connectivity index (χ0n) is 6.09. The molecule has 1 heterocycles. The van der Waals surface area contributed by atoms with Gasteiger partial charge in [-0.2, -0.15) is 0 Å². The average molecular weight is 209 g/mol. The van der Waals surface area contributed by atoms with E-state index in [9.17, 15) is 5.11 Å². The van der Waals surface area contributed by atoms with Crippen molar-refractivity contribution >= 4 is 15.9 Å². The summed E-state index contributed by atoms with van der Waals surface area (Å²) in [5.74, 6) is 0. The maximum Gasteiger partial charge on any atom is 0.167 e. The molecule has 0 spiro atoms. The summed E-state index contributed by atoms with van der Waals surface area (Å²) in [6.07, 6.45) is 2.74. The first-order chi connectivity index (χ1) is 4.74. The Morgan fingerprint density at radius 1 is 1.60 bits per heavy atom. The second-order valence-electron chi connectivity index (χ2n) is 2.65. The number of alkyl halides is 1. The quantitative estimate of drug-likeness (QED) is 0.665. The Balaban J connectivity index is 2.33. The van der Waals surface area contributed by atoms with E-state index >= 15 is 0 Å². The summed E-state index contributed by atoms with van der Waals surface area (Å²) in [5.41, 5.74) is 0. The smallest absolute Gasteiger partial charge is 0.167 e. The number of hydrogen-bond donors (Lipinski definition) is 1. The molecule has 0 saturated carbocycles. The van der Waals surface area contributed by atoms with Crippen molar-refractivity contribution in [1.29, 1.82) is 0 Å². The molecule has 0 aromatic heterocycles. The second kappa shape index (κ2) is 3.69. The second-order valence-corrected chi connectivity index (χ2v) is 3.83. The number of hydrogen-bond acceptors (Lipinski definition) is 2. The molecule has 1 fully saturated rings. The van der Waals surface area contributed by atoms with Crippen LogP contribution in [0.2, 0.25) is 0 Å². The fraction of sp³-hybridized carbons (Fsp3) is 1.00. The molecule has 3 heteroatoms. The van der Waals surface area contributed by atoms with Crippen molar-refractivity contribution in [2.45, 2.75) is 43.4 Å². The molecule has 0 bridgehead atoms. The van der Waals surface area contributed by atoms with Gasteiger partial charge in [0.1, 0.15) is 0 Å². The molecule has 0 amide bonds. The third-order valence-electron chi connectivity index (χ3n) is 1.86. The van der Waals surface area contributed by atoms with Crippen LogP contribution in [0.5, 0.6) is 0 Å². The third kappa shape index (κ3) is 1.94. The highest BCUT2D eigenvalue weighted by Crippen LogP contribution is 2.24. The summed E-state index contributed by atoms with van der Waals surface area (Å²) in [4.78, 5) is 0.135. The van der Waals surface area contributed by atoms with Gasteiger partial charge in [-0.3, -0.25) is 0 Å². The molecule has 1 N–H and O–H groups in total. The molecule has 0 radical (unpaired) electrons. The Kier molecular flexibility index (Phi) is 3.14. The van der Waals surface area contributed by atoms with Gasteiger partial charge in [0, 0.05) is 0 Å². The van der Waals surface area contributed by atoms with E-state index in [0.717, 1.165) is 19.3 Å². The predicted molar refractivity (Wildman–Crippen MR) is 43.1 cm³/mol. The van der Waals surface area contributed by atoms with Crippen molar-refractivity contribution < 1.29 is 9.84 Å². The van der Waals surface area contributed by atoms with Gasteiger partial charge in [-0.25, -0.2) is 0 Å². The van der Waals surface area contributed by atoms with Crippen LogP contribution in [-0.4, -0.2) is 22.3 Å². The number of rotatable bonds is 1. The SMILES string of the molecule is CCC1CCC(Br)C(O)O1. The van der Waals surface area contributed by atoms with Crippen LogP contribution < -0.4 is 0 Å². The van der Waals surface area contributed by atoms with Gasteiger partial charge < -0.3 is 9.84 Å². The van der Waals surface area contributed by atoms with E-state index < -0.39 is 6.29 Å². The maximum absolute atomic E-state index is 9.21. The Morgan fingerprint density at radius 2 is 2.30 bits per heavy atom. The van der Waals surface area contributed by atoms with Crippen LogP contribution in [0, 0.1) is 0 Å². The molecule has 2 nitrogen and oxygen atoms in total. The van der Waals surface area contributed by atoms with Crippen molar-refractivity contribution in [2.24, 2.45) is 0 Å². The van der Waals surface area contributed by atoms with Gasteiger partial charge in [0.05, 0.1) is 10.9 Å². The molecule has 1 rings (SSSR count). The summed E-state index contributed by atoms with van der Waals surface area (Å²) in [6.45, 7) is 2.08. The highest BCUT2D eigenvalue weighted by atomic mass is 79.9. The minimum absolute atomic E-state index is 0.135. The van der Waals surface area contributed by atoms with Gasteiger partial charge in [0.2, 0.25) is 0 Å². The highest BCUT2D eigenvalue weighted by Gasteiger charge is 2.26. The van der Waals surface area contributed by atoms with Crippen molar-refractivity contribution in [2.75, 3.05) is 0 Å². The van der Waals surface area contributed by atoms with Crippen LogP contribution in [0.3, 0.4) is 0 Å². The molecule has 1 saturated heterocycles.